The first-order valence-electron chi connectivity index (χ1n) is 4.37. The standard InChI is InChI=1S/C9H9NO5S/c11-5-6-1-2-7-4-9(10-8(7)3-6)15-16(12,13)14/h1-4,10-11H,5H2,(H,12,13,14). The van der Waals surface area contributed by atoms with Gasteiger partial charge in [0.2, 0.25) is 5.88 Å². The number of aromatic amines is 1. The number of H-pyrrole nitrogens is 1. The number of aromatic nitrogens is 1. The van der Waals surface area contributed by atoms with Crippen molar-refractivity contribution in [3.8, 4) is 5.88 Å². The summed E-state index contributed by atoms with van der Waals surface area (Å²) in [6.45, 7) is -0.108. The molecule has 7 heteroatoms. The summed E-state index contributed by atoms with van der Waals surface area (Å²) in [7, 11) is -4.52. The number of hydrogen-bond acceptors (Lipinski definition) is 4. The molecule has 0 fully saturated rings. The van der Waals surface area contributed by atoms with Crippen molar-refractivity contribution in [2.75, 3.05) is 0 Å². The van der Waals surface area contributed by atoms with Gasteiger partial charge in [0.1, 0.15) is 0 Å². The lowest BCUT2D eigenvalue weighted by molar-refractivity contribution is 0.282. The summed E-state index contributed by atoms with van der Waals surface area (Å²) in [5, 5.41) is 9.63. The molecule has 16 heavy (non-hydrogen) atoms. The average molecular weight is 243 g/mol. The highest BCUT2D eigenvalue weighted by Gasteiger charge is 2.09. The fraction of sp³-hybridized carbons (Fsp3) is 0.111. The zero-order valence-electron chi connectivity index (χ0n) is 8.04. The number of aliphatic hydroxyl groups is 1. The predicted octanol–water partition coefficient (Wildman–Crippen LogP) is 0.842. The smallest absolute Gasteiger partial charge is 0.392 e. The molecule has 86 valence electrons. The summed E-state index contributed by atoms with van der Waals surface area (Å²) in [5.74, 6) is -0.0763. The zero-order valence-corrected chi connectivity index (χ0v) is 8.86. The number of hydrogen-bond donors (Lipinski definition) is 3. The summed E-state index contributed by atoms with van der Waals surface area (Å²) >= 11 is 0. The van der Waals surface area contributed by atoms with E-state index in [4.69, 9.17) is 9.66 Å². The Morgan fingerprint density at radius 3 is 2.69 bits per heavy atom. The fourth-order valence-electron chi connectivity index (χ4n) is 1.40. The summed E-state index contributed by atoms with van der Waals surface area (Å²) in [5.41, 5.74) is 1.30. The summed E-state index contributed by atoms with van der Waals surface area (Å²) < 4.78 is 33.7. The van der Waals surface area contributed by atoms with Crippen LogP contribution in [0.2, 0.25) is 0 Å². The average Bonchev–Trinajstić information content (AvgIpc) is 2.55. The van der Waals surface area contributed by atoms with Crippen LogP contribution in [0, 0.1) is 0 Å². The van der Waals surface area contributed by atoms with Crippen molar-refractivity contribution in [3.63, 3.8) is 0 Å². The Hall–Kier alpha value is -1.57. The van der Waals surface area contributed by atoms with Crippen LogP contribution in [0.4, 0.5) is 0 Å². The molecule has 0 atom stereocenters. The molecule has 3 N–H and O–H groups in total. The van der Waals surface area contributed by atoms with Gasteiger partial charge < -0.3 is 14.3 Å². The van der Waals surface area contributed by atoms with E-state index in [9.17, 15) is 8.42 Å². The molecule has 0 bridgehead atoms. The predicted molar refractivity (Wildman–Crippen MR) is 56.4 cm³/mol. The molecule has 0 radical (unpaired) electrons. The van der Waals surface area contributed by atoms with Crippen LogP contribution in [-0.4, -0.2) is 23.1 Å². The molecule has 0 aliphatic carbocycles. The Morgan fingerprint density at radius 1 is 1.31 bits per heavy atom. The van der Waals surface area contributed by atoms with E-state index in [-0.39, 0.29) is 12.5 Å². The summed E-state index contributed by atoms with van der Waals surface area (Å²) in [6, 6.07) is 6.50. The van der Waals surface area contributed by atoms with Crippen molar-refractivity contribution in [1.29, 1.82) is 0 Å². The minimum absolute atomic E-state index is 0.0763. The molecule has 0 unspecified atom stereocenters. The summed E-state index contributed by atoms with van der Waals surface area (Å²) in [4.78, 5) is 2.65. The number of rotatable bonds is 3. The van der Waals surface area contributed by atoms with Crippen LogP contribution in [-0.2, 0) is 17.0 Å². The van der Waals surface area contributed by atoms with Crippen molar-refractivity contribution < 1.29 is 22.3 Å². The van der Waals surface area contributed by atoms with Crippen LogP contribution in [0.5, 0.6) is 5.88 Å². The second-order valence-electron chi connectivity index (χ2n) is 3.22. The van der Waals surface area contributed by atoms with Crippen molar-refractivity contribution in [2.45, 2.75) is 6.61 Å². The Morgan fingerprint density at radius 2 is 2.06 bits per heavy atom. The van der Waals surface area contributed by atoms with Gasteiger partial charge in [-0.25, -0.2) is 0 Å². The van der Waals surface area contributed by atoms with Gasteiger partial charge in [-0.1, -0.05) is 12.1 Å². The number of nitrogens with one attached hydrogen (secondary N) is 1. The van der Waals surface area contributed by atoms with Crippen LogP contribution in [0.3, 0.4) is 0 Å². The zero-order chi connectivity index (χ0) is 11.8. The normalized spacial score (nSPS) is 11.9. The highest BCUT2D eigenvalue weighted by atomic mass is 32.3. The van der Waals surface area contributed by atoms with Crippen LogP contribution in [0.1, 0.15) is 5.56 Å². The number of aliphatic hydroxyl groups excluding tert-OH is 1. The molecule has 0 spiro atoms. The van der Waals surface area contributed by atoms with E-state index < -0.39 is 10.4 Å². The van der Waals surface area contributed by atoms with E-state index >= 15 is 0 Å². The van der Waals surface area contributed by atoms with E-state index in [1.54, 1.807) is 18.2 Å². The fourth-order valence-corrected chi connectivity index (χ4v) is 1.72. The van der Waals surface area contributed by atoms with Crippen LogP contribution >= 0.6 is 0 Å². The van der Waals surface area contributed by atoms with E-state index in [1.807, 2.05) is 0 Å². The molecule has 6 nitrogen and oxygen atoms in total. The third kappa shape index (κ3) is 2.32. The largest absolute Gasteiger partial charge is 0.447 e. The van der Waals surface area contributed by atoms with Crippen LogP contribution in [0.15, 0.2) is 24.3 Å². The second kappa shape index (κ2) is 3.78. The molecule has 0 saturated heterocycles. The van der Waals surface area contributed by atoms with Gasteiger partial charge in [0.15, 0.2) is 0 Å². The number of benzene rings is 1. The lowest BCUT2D eigenvalue weighted by Crippen LogP contribution is -2.06. The van der Waals surface area contributed by atoms with E-state index in [1.165, 1.54) is 6.07 Å². The topological polar surface area (TPSA) is 99.6 Å². The van der Waals surface area contributed by atoms with Crippen LogP contribution < -0.4 is 4.18 Å². The van der Waals surface area contributed by atoms with Gasteiger partial charge in [-0.05, 0) is 11.6 Å². The van der Waals surface area contributed by atoms with E-state index in [2.05, 4.69) is 9.17 Å². The molecule has 0 aliphatic rings. The van der Waals surface area contributed by atoms with Crippen molar-refractivity contribution in [2.24, 2.45) is 0 Å². The lowest BCUT2D eigenvalue weighted by atomic mass is 10.2. The maximum Gasteiger partial charge on any atom is 0.447 e. The molecule has 0 saturated carbocycles. The maximum absolute atomic E-state index is 10.5. The second-order valence-corrected chi connectivity index (χ2v) is 4.25. The highest BCUT2D eigenvalue weighted by Crippen LogP contribution is 2.22. The first-order chi connectivity index (χ1) is 7.48. The minimum atomic E-state index is -4.52. The molecular weight excluding hydrogens is 234 g/mol. The van der Waals surface area contributed by atoms with Gasteiger partial charge in [0.05, 0.1) is 6.61 Å². The molecule has 1 heterocycles. The number of fused-ring (bicyclic) bond motifs is 1. The molecule has 2 aromatic rings. The Kier molecular flexibility index (Phi) is 2.58. The van der Waals surface area contributed by atoms with Crippen molar-refractivity contribution in [1.82, 2.24) is 4.98 Å². The molecule has 1 aromatic heterocycles. The monoisotopic (exact) mass is 243 g/mol. The van der Waals surface area contributed by atoms with Gasteiger partial charge in [-0.3, -0.25) is 4.55 Å². The molecule has 1 aromatic carbocycles. The van der Waals surface area contributed by atoms with Crippen LogP contribution in [0.25, 0.3) is 10.9 Å². The first-order valence-corrected chi connectivity index (χ1v) is 5.74. The Bertz CT molecular complexity index is 616. The Balaban J connectivity index is 2.44. The SMILES string of the molecule is O=S(=O)(O)Oc1cc2ccc(CO)cc2[nH]1. The third-order valence-corrected chi connectivity index (χ3v) is 2.43. The van der Waals surface area contributed by atoms with Gasteiger partial charge in [-0.2, -0.15) is 8.42 Å². The van der Waals surface area contributed by atoms with Gasteiger partial charge in [0, 0.05) is 17.0 Å². The maximum atomic E-state index is 10.5. The van der Waals surface area contributed by atoms with E-state index in [0.717, 1.165) is 5.39 Å². The minimum Gasteiger partial charge on any atom is -0.392 e. The molecular formula is C9H9NO5S. The van der Waals surface area contributed by atoms with Gasteiger partial charge in [0.25, 0.3) is 0 Å². The first kappa shape index (κ1) is 10.9. The molecule has 0 amide bonds. The van der Waals surface area contributed by atoms with E-state index in [0.29, 0.717) is 11.1 Å². The Labute approximate surface area is 91.4 Å². The highest BCUT2D eigenvalue weighted by molar-refractivity contribution is 7.81. The third-order valence-electron chi connectivity index (χ3n) is 2.04. The lowest BCUT2D eigenvalue weighted by Gasteiger charge is -1.95. The van der Waals surface area contributed by atoms with Crippen molar-refractivity contribution >= 4 is 21.3 Å². The van der Waals surface area contributed by atoms with Gasteiger partial charge in [-0.15, -0.1) is 0 Å². The van der Waals surface area contributed by atoms with Crippen molar-refractivity contribution in [3.05, 3.63) is 29.8 Å². The summed E-state index contributed by atoms with van der Waals surface area (Å²) in [6.07, 6.45) is 0. The molecule has 2 rings (SSSR count). The van der Waals surface area contributed by atoms with Gasteiger partial charge >= 0.3 is 10.4 Å². The quantitative estimate of drug-likeness (QED) is 0.694. The molecule has 0 aliphatic heterocycles.